The lowest BCUT2D eigenvalue weighted by Crippen LogP contribution is -2.38. The molecular weight excluding hydrogens is 466 g/mol. The monoisotopic (exact) mass is 501 g/mol. The van der Waals surface area contributed by atoms with E-state index in [4.69, 9.17) is 13.9 Å². The number of benzene rings is 2. The van der Waals surface area contributed by atoms with Crippen LogP contribution in [0.3, 0.4) is 0 Å². The number of hydrogen-bond acceptors (Lipinski definition) is 8. The number of oxazole rings is 1. The van der Waals surface area contributed by atoms with Crippen LogP contribution < -0.4 is 14.8 Å². The summed E-state index contributed by atoms with van der Waals surface area (Å²) >= 11 is 0. The quantitative estimate of drug-likeness (QED) is 0.420. The van der Waals surface area contributed by atoms with Crippen molar-refractivity contribution in [2.45, 2.75) is 64.1 Å². The average molecular weight is 502 g/mol. The van der Waals surface area contributed by atoms with Crippen molar-refractivity contribution in [2.75, 3.05) is 30.8 Å². The Morgan fingerprint density at radius 1 is 1.11 bits per heavy atom. The summed E-state index contributed by atoms with van der Waals surface area (Å²) in [5.41, 5.74) is 2.33. The number of nitrogens with one attached hydrogen (secondary N) is 1. The number of ether oxygens (including phenoxy) is 2. The van der Waals surface area contributed by atoms with Gasteiger partial charge in [-0.2, -0.15) is 4.98 Å². The molecule has 8 nitrogen and oxygen atoms in total. The van der Waals surface area contributed by atoms with Gasteiger partial charge in [-0.05, 0) is 69.5 Å². The number of hydrogen-bond donors (Lipinski definition) is 1. The Hall–Kier alpha value is -2.78. The second kappa shape index (κ2) is 10.9. The fraction of sp³-hybridized carbons (Fsp3) is 0.500. The van der Waals surface area contributed by atoms with Gasteiger partial charge in [0.25, 0.3) is 6.01 Å². The molecule has 1 aromatic heterocycles. The molecule has 1 saturated heterocycles. The number of fused-ring (bicyclic) bond motifs is 1. The summed E-state index contributed by atoms with van der Waals surface area (Å²) in [6.07, 6.45) is 2.02. The Kier molecular flexibility index (Phi) is 7.86. The zero-order chi connectivity index (χ0) is 25.0. The molecule has 0 amide bonds. The molecule has 0 radical (unpaired) electrons. The maximum Gasteiger partial charge on any atom is 0.295 e. The van der Waals surface area contributed by atoms with Crippen LogP contribution in [0.15, 0.2) is 45.7 Å². The fourth-order valence-electron chi connectivity index (χ4n) is 4.27. The van der Waals surface area contributed by atoms with Gasteiger partial charge in [-0.15, -0.1) is 0 Å². The highest BCUT2D eigenvalue weighted by Crippen LogP contribution is 2.30. The van der Waals surface area contributed by atoms with Gasteiger partial charge in [-0.25, -0.2) is 8.42 Å². The first-order valence-corrected chi connectivity index (χ1v) is 14.0. The highest BCUT2D eigenvalue weighted by atomic mass is 32.2. The smallest absolute Gasteiger partial charge is 0.295 e. The van der Waals surface area contributed by atoms with Crippen molar-refractivity contribution >= 4 is 27.0 Å². The molecule has 2 heterocycles. The van der Waals surface area contributed by atoms with Crippen LogP contribution in [0, 0.1) is 0 Å². The van der Waals surface area contributed by atoms with Crippen molar-refractivity contribution in [3.05, 3.63) is 42.0 Å². The molecule has 1 aliphatic heterocycles. The number of sulfone groups is 1. The van der Waals surface area contributed by atoms with Crippen molar-refractivity contribution in [3.63, 3.8) is 0 Å². The predicted octanol–water partition coefficient (Wildman–Crippen LogP) is 4.88. The van der Waals surface area contributed by atoms with Crippen molar-refractivity contribution in [1.29, 1.82) is 0 Å². The normalized spacial score (nSPS) is 15.6. The molecular formula is C26H35N3O5S. The number of likely N-dealkylation sites (tertiary alicyclic amines) is 1. The van der Waals surface area contributed by atoms with Crippen LogP contribution in [0.5, 0.6) is 11.5 Å². The average Bonchev–Trinajstić information content (AvgIpc) is 3.23. The summed E-state index contributed by atoms with van der Waals surface area (Å²) in [5, 5.41) is 3.39. The number of aromatic nitrogens is 1. The molecule has 190 valence electrons. The standard InChI is InChI=1S/C26H35N3O5S/c1-5-32-25-15-19(7-9-24(25)33-18(3)4)17-29-13-11-20(12-14-29)27-26-28-22-16-21(35(30,31)6-2)8-10-23(22)34-26/h7-10,15-16,18,20H,5-6,11-14,17H2,1-4H3,(H,27,28). The van der Waals surface area contributed by atoms with Crippen LogP contribution in [0.4, 0.5) is 6.01 Å². The van der Waals surface area contributed by atoms with E-state index in [2.05, 4.69) is 27.3 Å². The molecule has 1 fully saturated rings. The third-order valence-electron chi connectivity index (χ3n) is 6.09. The summed E-state index contributed by atoms with van der Waals surface area (Å²) in [6.45, 7) is 11.0. The minimum atomic E-state index is -3.28. The van der Waals surface area contributed by atoms with Crippen molar-refractivity contribution < 1.29 is 22.3 Å². The Labute approximate surface area is 207 Å². The van der Waals surface area contributed by atoms with Gasteiger partial charge in [0.15, 0.2) is 26.9 Å². The molecule has 0 spiro atoms. The summed E-state index contributed by atoms with van der Waals surface area (Å²) in [4.78, 5) is 7.18. The molecule has 35 heavy (non-hydrogen) atoms. The molecule has 4 rings (SSSR count). The number of rotatable bonds is 10. The molecule has 0 atom stereocenters. The van der Waals surface area contributed by atoms with E-state index >= 15 is 0 Å². The maximum absolute atomic E-state index is 12.1. The largest absolute Gasteiger partial charge is 0.490 e. The molecule has 2 aromatic carbocycles. The Morgan fingerprint density at radius 2 is 1.89 bits per heavy atom. The molecule has 0 aliphatic carbocycles. The third kappa shape index (κ3) is 6.27. The minimum Gasteiger partial charge on any atom is -0.490 e. The van der Waals surface area contributed by atoms with Crippen LogP contribution in [0.25, 0.3) is 11.1 Å². The van der Waals surface area contributed by atoms with Gasteiger partial charge in [-0.1, -0.05) is 13.0 Å². The number of anilines is 1. The second-order valence-electron chi connectivity index (χ2n) is 9.13. The van der Waals surface area contributed by atoms with E-state index < -0.39 is 9.84 Å². The van der Waals surface area contributed by atoms with E-state index in [1.54, 1.807) is 25.1 Å². The molecule has 0 saturated carbocycles. The van der Waals surface area contributed by atoms with Crippen LogP contribution >= 0.6 is 0 Å². The van der Waals surface area contributed by atoms with Crippen molar-refractivity contribution in [3.8, 4) is 11.5 Å². The first-order valence-electron chi connectivity index (χ1n) is 12.3. The van der Waals surface area contributed by atoms with Crippen LogP contribution in [0.1, 0.15) is 46.1 Å². The van der Waals surface area contributed by atoms with E-state index in [0.717, 1.165) is 44.0 Å². The van der Waals surface area contributed by atoms with E-state index in [0.29, 0.717) is 23.7 Å². The first kappa shape index (κ1) is 25.3. The number of piperidine rings is 1. The van der Waals surface area contributed by atoms with E-state index in [1.807, 2.05) is 26.8 Å². The summed E-state index contributed by atoms with van der Waals surface area (Å²) in [6, 6.07) is 11.7. The molecule has 3 aromatic rings. The zero-order valence-corrected chi connectivity index (χ0v) is 21.7. The minimum absolute atomic E-state index is 0.0584. The van der Waals surface area contributed by atoms with E-state index in [-0.39, 0.29) is 22.8 Å². The van der Waals surface area contributed by atoms with Crippen LogP contribution in [0.2, 0.25) is 0 Å². The zero-order valence-electron chi connectivity index (χ0n) is 20.9. The lowest BCUT2D eigenvalue weighted by molar-refractivity contribution is 0.208. The van der Waals surface area contributed by atoms with Gasteiger partial charge in [0, 0.05) is 25.7 Å². The SMILES string of the molecule is CCOc1cc(CN2CCC(Nc3nc4cc(S(=O)(=O)CC)ccc4o3)CC2)ccc1OC(C)C. The molecule has 0 unspecified atom stereocenters. The van der Waals surface area contributed by atoms with Crippen molar-refractivity contribution in [2.24, 2.45) is 0 Å². The third-order valence-corrected chi connectivity index (χ3v) is 7.82. The molecule has 0 bridgehead atoms. The van der Waals surface area contributed by atoms with E-state index in [1.165, 1.54) is 5.56 Å². The van der Waals surface area contributed by atoms with Crippen LogP contribution in [-0.2, 0) is 16.4 Å². The lowest BCUT2D eigenvalue weighted by atomic mass is 10.0. The Balaban J connectivity index is 1.34. The van der Waals surface area contributed by atoms with Gasteiger partial charge in [0.1, 0.15) is 5.52 Å². The van der Waals surface area contributed by atoms with Gasteiger partial charge in [-0.3, -0.25) is 4.90 Å². The second-order valence-corrected chi connectivity index (χ2v) is 11.4. The predicted molar refractivity (Wildman–Crippen MR) is 137 cm³/mol. The fourth-order valence-corrected chi connectivity index (χ4v) is 5.17. The lowest BCUT2D eigenvalue weighted by Gasteiger charge is -2.32. The van der Waals surface area contributed by atoms with Gasteiger partial charge >= 0.3 is 0 Å². The Morgan fingerprint density at radius 3 is 2.57 bits per heavy atom. The Bertz CT molecular complexity index is 1250. The maximum atomic E-state index is 12.1. The number of nitrogens with zero attached hydrogens (tertiary/aromatic N) is 2. The van der Waals surface area contributed by atoms with E-state index in [9.17, 15) is 8.42 Å². The topological polar surface area (TPSA) is 93.9 Å². The van der Waals surface area contributed by atoms with Crippen LogP contribution in [-0.4, -0.2) is 55.9 Å². The molecule has 1 aliphatic rings. The first-order chi connectivity index (χ1) is 16.8. The summed E-state index contributed by atoms with van der Waals surface area (Å²) in [7, 11) is -3.28. The highest BCUT2D eigenvalue weighted by Gasteiger charge is 2.22. The molecule has 1 N–H and O–H groups in total. The molecule has 9 heteroatoms. The van der Waals surface area contributed by atoms with Gasteiger partial charge in [0.2, 0.25) is 0 Å². The van der Waals surface area contributed by atoms with Gasteiger partial charge < -0.3 is 19.2 Å². The van der Waals surface area contributed by atoms with Crippen molar-refractivity contribution in [1.82, 2.24) is 9.88 Å². The highest BCUT2D eigenvalue weighted by molar-refractivity contribution is 7.91. The van der Waals surface area contributed by atoms with Gasteiger partial charge in [0.05, 0.1) is 23.4 Å². The summed E-state index contributed by atoms with van der Waals surface area (Å²) in [5.74, 6) is 1.63. The summed E-state index contributed by atoms with van der Waals surface area (Å²) < 4.78 is 41.8.